The standard InChI is InChI=1S/C20H25N3O3S/c1-23-11-17(19(22-23)15-7-3-2-4-8-15)20(26)21-16-9-5-6-14(10-16)12-27-13-18(24)25/h5-6,9-11,15H,2-4,7-8,12-13H2,1H3,(H,21,26)(H,24,25). The third-order valence-electron chi connectivity index (χ3n) is 4.77. The van der Waals surface area contributed by atoms with Crippen LogP contribution in [0.1, 0.15) is 59.6 Å². The van der Waals surface area contributed by atoms with Gasteiger partial charge in [0.25, 0.3) is 5.91 Å². The number of hydrogen-bond donors (Lipinski definition) is 2. The zero-order chi connectivity index (χ0) is 19.2. The van der Waals surface area contributed by atoms with Crippen LogP contribution >= 0.6 is 11.8 Å². The van der Waals surface area contributed by atoms with E-state index in [2.05, 4.69) is 10.4 Å². The van der Waals surface area contributed by atoms with E-state index in [-0.39, 0.29) is 11.7 Å². The Morgan fingerprint density at radius 2 is 2.07 bits per heavy atom. The normalized spacial score (nSPS) is 14.9. The first-order valence-corrected chi connectivity index (χ1v) is 10.4. The van der Waals surface area contributed by atoms with Gasteiger partial charge in [-0.05, 0) is 30.5 Å². The number of carbonyl (C=O) groups excluding carboxylic acids is 1. The maximum atomic E-state index is 12.9. The van der Waals surface area contributed by atoms with Crippen LogP contribution in [0.3, 0.4) is 0 Å². The Hall–Kier alpha value is -2.28. The number of aromatic nitrogens is 2. The van der Waals surface area contributed by atoms with Crippen LogP contribution in [0.25, 0.3) is 0 Å². The number of aliphatic carboxylic acids is 1. The van der Waals surface area contributed by atoms with Crippen LogP contribution in [0.2, 0.25) is 0 Å². The van der Waals surface area contributed by atoms with Crippen LogP contribution in [0.5, 0.6) is 0 Å². The number of anilines is 1. The average molecular weight is 388 g/mol. The van der Waals surface area contributed by atoms with Crippen molar-refractivity contribution in [1.29, 1.82) is 0 Å². The smallest absolute Gasteiger partial charge is 0.313 e. The number of carboxylic acid groups (broad SMARTS) is 1. The van der Waals surface area contributed by atoms with E-state index in [1.165, 1.54) is 31.0 Å². The molecule has 0 saturated heterocycles. The molecular formula is C20H25N3O3S. The highest BCUT2D eigenvalue weighted by molar-refractivity contribution is 7.99. The fourth-order valence-electron chi connectivity index (χ4n) is 3.55. The molecule has 0 atom stereocenters. The van der Waals surface area contributed by atoms with Gasteiger partial charge < -0.3 is 10.4 Å². The molecule has 0 unspecified atom stereocenters. The van der Waals surface area contributed by atoms with E-state index in [1.807, 2.05) is 31.3 Å². The molecule has 1 amide bonds. The van der Waals surface area contributed by atoms with E-state index >= 15 is 0 Å². The highest BCUT2D eigenvalue weighted by atomic mass is 32.2. The number of carbonyl (C=O) groups is 2. The van der Waals surface area contributed by atoms with Gasteiger partial charge in [0.1, 0.15) is 0 Å². The van der Waals surface area contributed by atoms with E-state index in [1.54, 1.807) is 10.9 Å². The van der Waals surface area contributed by atoms with Crippen molar-refractivity contribution in [1.82, 2.24) is 9.78 Å². The number of benzene rings is 1. The molecule has 1 heterocycles. The van der Waals surface area contributed by atoms with Crippen LogP contribution in [-0.4, -0.2) is 32.5 Å². The van der Waals surface area contributed by atoms with Crippen molar-refractivity contribution < 1.29 is 14.7 Å². The first-order valence-electron chi connectivity index (χ1n) is 9.26. The number of nitrogens with zero attached hydrogens (tertiary/aromatic N) is 2. The molecular weight excluding hydrogens is 362 g/mol. The Bertz CT molecular complexity index is 813. The summed E-state index contributed by atoms with van der Waals surface area (Å²) in [6, 6.07) is 7.54. The molecule has 0 radical (unpaired) electrons. The highest BCUT2D eigenvalue weighted by Crippen LogP contribution is 2.33. The Morgan fingerprint density at radius 3 is 2.81 bits per heavy atom. The number of aryl methyl sites for hydroxylation is 1. The molecule has 144 valence electrons. The lowest BCUT2D eigenvalue weighted by molar-refractivity contribution is -0.133. The largest absolute Gasteiger partial charge is 0.481 e. The Kier molecular flexibility index (Phi) is 6.55. The second kappa shape index (κ2) is 9.08. The summed E-state index contributed by atoms with van der Waals surface area (Å²) in [5.74, 6) is 0.0579. The van der Waals surface area contributed by atoms with E-state index < -0.39 is 5.97 Å². The van der Waals surface area contributed by atoms with Gasteiger partial charge in [-0.2, -0.15) is 5.10 Å². The first kappa shape index (κ1) is 19.5. The second-order valence-electron chi connectivity index (χ2n) is 6.98. The number of rotatable bonds is 7. The van der Waals surface area contributed by atoms with E-state index in [9.17, 15) is 9.59 Å². The van der Waals surface area contributed by atoms with Crippen LogP contribution in [0, 0.1) is 0 Å². The maximum absolute atomic E-state index is 12.9. The number of amides is 1. The summed E-state index contributed by atoms with van der Waals surface area (Å²) in [4.78, 5) is 23.5. The molecule has 1 saturated carbocycles. The Morgan fingerprint density at radius 1 is 1.30 bits per heavy atom. The quantitative estimate of drug-likeness (QED) is 0.749. The molecule has 27 heavy (non-hydrogen) atoms. The van der Waals surface area contributed by atoms with Gasteiger partial charge in [-0.1, -0.05) is 31.4 Å². The fraction of sp³-hybridized carbons (Fsp3) is 0.450. The lowest BCUT2D eigenvalue weighted by Crippen LogP contribution is -2.16. The van der Waals surface area contributed by atoms with Gasteiger partial charge in [-0.15, -0.1) is 11.8 Å². The van der Waals surface area contributed by atoms with Crippen molar-refractivity contribution in [3.8, 4) is 0 Å². The first-order chi connectivity index (χ1) is 13.0. The van der Waals surface area contributed by atoms with Crippen molar-refractivity contribution in [2.24, 2.45) is 7.05 Å². The highest BCUT2D eigenvalue weighted by Gasteiger charge is 2.25. The SMILES string of the molecule is Cn1cc(C(=O)Nc2cccc(CSCC(=O)O)c2)c(C2CCCCC2)n1. The molecule has 1 aliphatic rings. The fourth-order valence-corrected chi connectivity index (χ4v) is 4.24. The minimum absolute atomic E-state index is 0.0665. The lowest BCUT2D eigenvalue weighted by Gasteiger charge is -2.20. The Balaban J connectivity index is 1.69. The van der Waals surface area contributed by atoms with Gasteiger partial charge in [0.05, 0.1) is 17.0 Å². The van der Waals surface area contributed by atoms with Crippen molar-refractivity contribution in [3.05, 3.63) is 47.3 Å². The molecule has 0 spiro atoms. The topological polar surface area (TPSA) is 84.2 Å². The van der Waals surface area contributed by atoms with Crippen LogP contribution in [-0.2, 0) is 17.6 Å². The predicted octanol–water partition coefficient (Wildman–Crippen LogP) is 4.04. The molecule has 1 aliphatic carbocycles. The van der Waals surface area contributed by atoms with Gasteiger partial charge in [-0.3, -0.25) is 14.3 Å². The summed E-state index contributed by atoms with van der Waals surface area (Å²) >= 11 is 1.34. The average Bonchev–Trinajstić information content (AvgIpc) is 3.04. The van der Waals surface area contributed by atoms with E-state index in [0.29, 0.717) is 22.9 Å². The van der Waals surface area contributed by atoms with Crippen molar-refractivity contribution >= 4 is 29.3 Å². The Labute approximate surface area is 163 Å². The number of hydrogen-bond acceptors (Lipinski definition) is 4. The number of nitrogens with one attached hydrogen (secondary N) is 1. The predicted molar refractivity (Wildman–Crippen MR) is 107 cm³/mol. The van der Waals surface area contributed by atoms with Crippen molar-refractivity contribution in [2.75, 3.05) is 11.1 Å². The lowest BCUT2D eigenvalue weighted by atomic mass is 9.85. The monoisotopic (exact) mass is 387 g/mol. The summed E-state index contributed by atoms with van der Waals surface area (Å²) in [7, 11) is 1.85. The van der Waals surface area contributed by atoms with Crippen molar-refractivity contribution in [3.63, 3.8) is 0 Å². The van der Waals surface area contributed by atoms with E-state index in [0.717, 1.165) is 24.1 Å². The van der Waals surface area contributed by atoms with Gasteiger partial charge in [0, 0.05) is 30.6 Å². The van der Waals surface area contributed by atoms with Gasteiger partial charge in [0.2, 0.25) is 0 Å². The molecule has 3 rings (SSSR count). The summed E-state index contributed by atoms with van der Waals surface area (Å²) in [6.45, 7) is 0. The molecule has 7 heteroatoms. The molecule has 1 aromatic carbocycles. The summed E-state index contributed by atoms with van der Waals surface area (Å²) in [5, 5.41) is 16.3. The molecule has 0 aliphatic heterocycles. The minimum atomic E-state index is -0.823. The second-order valence-corrected chi connectivity index (χ2v) is 7.96. The maximum Gasteiger partial charge on any atom is 0.313 e. The van der Waals surface area contributed by atoms with Crippen molar-refractivity contribution in [2.45, 2.75) is 43.8 Å². The number of carboxylic acids is 1. The van der Waals surface area contributed by atoms with Gasteiger partial charge >= 0.3 is 5.97 Å². The molecule has 6 nitrogen and oxygen atoms in total. The molecule has 0 bridgehead atoms. The van der Waals surface area contributed by atoms with Crippen LogP contribution in [0.15, 0.2) is 30.5 Å². The number of thioether (sulfide) groups is 1. The zero-order valence-electron chi connectivity index (χ0n) is 15.5. The van der Waals surface area contributed by atoms with Gasteiger partial charge in [0.15, 0.2) is 0 Å². The molecule has 2 aromatic rings. The molecule has 1 aromatic heterocycles. The third kappa shape index (κ3) is 5.35. The van der Waals surface area contributed by atoms with Crippen LogP contribution in [0.4, 0.5) is 5.69 Å². The van der Waals surface area contributed by atoms with Crippen LogP contribution < -0.4 is 5.32 Å². The molecule has 2 N–H and O–H groups in total. The molecule has 1 fully saturated rings. The summed E-state index contributed by atoms with van der Waals surface area (Å²) < 4.78 is 1.72. The van der Waals surface area contributed by atoms with E-state index in [4.69, 9.17) is 5.11 Å². The summed E-state index contributed by atoms with van der Waals surface area (Å²) in [6.07, 6.45) is 7.63. The summed E-state index contributed by atoms with van der Waals surface area (Å²) in [5.41, 5.74) is 3.25. The third-order valence-corrected chi connectivity index (χ3v) is 5.76. The minimum Gasteiger partial charge on any atom is -0.481 e. The zero-order valence-corrected chi connectivity index (χ0v) is 16.3. The van der Waals surface area contributed by atoms with Gasteiger partial charge in [-0.25, -0.2) is 0 Å².